The predicted octanol–water partition coefficient (Wildman–Crippen LogP) is 5.04. The molecule has 2 aromatic carbocycles. The number of amides is 1. The number of carbonyl (C=O) groups is 1. The van der Waals surface area contributed by atoms with Crippen LogP contribution >= 0.6 is 0 Å². The van der Waals surface area contributed by atoms with Crippen molar-refractivity contribution in [3.63, 3.8) is 0 Å². The van der Waals surface area contributed by atoms with Crippen LogP contribution in [0.3, 0.4) is 0 Å². The second kappa shape index (κ2) is 8.90. The standard InChI is InChI=1S/C22H18F2N2O2/c1-15(26-22(27)10-8-16-7-9-18(23)13-21(16)24)17-4-2-5-19(12-17)28-20-6-3-11-25-14-20/h2-15H,1H3,(H,26,27)/b10-8+/t15-/m0/s1. The molecule has 0 aliphatic carbocycles. The highest BCUT2D eigenvalue weighted by Crippen LogP contribution is 2.24. The molecule has 1 atom stereocenters. The third-order valence-corrected chi connectivity index (χ3v) is 3.96. The van der Waals surface area contributed by atoms with Crippen LogP contribution < -0.4 is 10.1 Å². The van der Waals surface area contributed by atoms with Gasteiger partial charge in [-0.05, 0) is 55.0 Å². The van der Waals surface area contributed by atoms with Gasteiger partial charge in [0, 0.05) is 23.9 Å². The van der Waals surface area contributed by atoms with E-state index in [1.807, 2.05) is 31.2 Å². The molecule has 1 N–H and O–H groups in total. The minimum atomic E-state index is -0.725. The fourth-order valence-electron chi connectivity index (χ4n) is 2.54. The smallest absolute Gasteiger partial charge is 0.244 e. The van der Waals surface area contributed by atoms with Crippen molar-refractivity contribution in [3.05, 3.63) is 95.8 Å². The number of benzene rings is 2. The maximum atomic E-state index is 13.6. The summed E-state index contributed by atoms with van der Waals surface area (Å²) in [6, 6.07) is 13.8. The maximum Gasteiger partial charge on any atom is 0.244 e. The fourth-order valence-corrected chi connectivity index (χ4v) is 2.54. The number of hydrogen-bond acceptors (Lipinski definition) is 3. The summed E-state index contributed by atoms with van der Waals surface area (Å²) < 4.78 is 32.3. The highest BCUT2D eigenvalue weighted by Gasteiger charge is 2.09. The Bertz CT molecular complexity index is 991. The summed E-state index contributed by atoms with van der Waals surface area (Å²) in [5, 5.41) is 2.80. The summed E-state index contributed by atoms with van der Waals surface area (Å²) in [6.07, 6.45) is 5.78. The van der Waals surface area contributed by atoms with E-state index >= 15 is 0 Å². The van der Waals surface area contributed by atoms with E-state index in [1.165, 1.54) is 18.2 Å². The van der Waals surface area contributed by atoms with Crippen LogP contribution in [0.1, 0.15) is 24.1 Å². The number of halogens is 2. The molecule has 0 saturated heterocycles. The Labute approximate surface area is 161 Å². The molecular weight excluding hydrogens is 362 g/mol. The first-order valence-electron chi connectivity index (χ1n) is 8.63. The van der Waals surface area contributed by atoms with E-state index < -0.39 is 17.5 Å². The third-order valence-electron chi connectivity index (χ3n) is 3.96. The minimum absolute atomic E-state index is 0.135. The lowest BCUT2D eigenvalue weighted by Crippen LogP contribution is -2.24. The Morgan fingerprint density at radius 3 is 2.68 bits per heavy atom. The molecule has 28 heavy (non-hydrogen) atoms. The lowest BCUT2D eigenvalue weighted by molar-refractivity contribution is -0.117. The summed E-state index contributed by atoms with van der Waals surface area (Å²) in [5.74, 6) is -0.551. The van der Waals surface area contributed by atoms with E-state index in [4.69, 9.17) is 4.74 Å². The molecule has 1 amide bonds. The minimum Gasteiger partial charge on any atom is -0.456 e. The molecule has 0 radical (unpaired) electrons. The van der Waals surface area contributed by atoms with Gasteiger partial charge >= 0.3 is 0 Å². The van der Waals surface area contributed by atoms with Gasteiger partial charge in [0.25, 0.3) is 0 Å². The predicted molar refractivity (Wildman–Crippen MR) is 103 cm³/mol. The largest absolute Gasteiger partial charge is 0.456 e. The van der Waals surface area contributed by atoms with Crippen LogP contribution in [-0.4, -0.2) is 10.9 Å². The maximum absolute atomic E-state index is 13.6. The van der Waals surface area contributed by atoms with Gasteiger partial charge in [-0.25, -0.2) is 8.78 Å². The number of ether oxygens (including phenoxy) is 1. The van der Waals surface area contributed by atoms with Crippen molar-refractivity contribution in [2.45, 2.75) is 13.0 Å². The summed E-state index contributed by atoms with van der Waals surface area (Å²) in [6.45, 7) is 1.83. The molecule has 4 nitrogen and oxygen atoms in total. The van der Waals surface area contributed by atoms with E-state index in [9.17, 15) is 13.6 Å². The normalized spacial score (nSPS) is 12.0. The molecule has 1 aromatic heterocycles. The molecule has 0 aliphatic rings. The number of aromatic nitrogens is 1. The van der Waals surface area contributed by atoms with Gasteiger partial charge in [0.2, 0.25) is 5.91 Å². The number of pyridine rings is 1. The van der Waals surface area contributed by atoms with E-state index in [1.54, 1.807) is 24.5 Å². The van der Waals surface area contributed by atoms with Gasteiger partial charge in [-0.15, -0.1) is 0 Å². The lowest BCUT2D eigenvalue weighted by Gasteiger charge is -2.14. The molecule has 1 heterocycles. The zero-order valence-electron chi connectivity index (χ0n) is 15.1. The quantitative estimate of drug-likeness (QED) is 0.610. The van der Waals surface area contributed by atoms with Crippen LogP contribution in [0.15, 0.2) is 73.1 Å². The Morgan fingerprint density at radius 2 is 1.93 bits per heavy atom. The lowest BCUT2D eigenvalue weighted by atomic mass is 10.1. The van der Waals surface area contributed by atoms with Crippen molar-refractivity contribution in [2.75, 3.05) is 0 Å². The van der Waals surface area contributed by atoms with Crippen molar-refractivity contribution < 1.29 is 18.3 Å². The number of nitrogens with one attached hydrogen (secondary N) is 1. The molecule has 6 heteroatoms. The van der Waals surface area contributed by atoms with Crippen molar-refractivity contribution in [2.24, 2.45) is 0 Å². The molecule has 0 spiro atoms. The third kappa shape index (κ3) is 5.23. The van der Waals surface area contributed by atoms with Gasteiger partial charge in [-0.1, -0.05) is 12.1 Å². The second-order valence-electron chi connectivity index (χ2n) is 6.09. The molecule has 0 fully saturated rings. The van der Waals surface area contributed by atoms with Crippen LogP contribution in [-0.2, 0) is 4.79 Å². The van der Waals surface area contributed by atoms with Gasteiger partial charge < -0.3 is 10.1 Å². The zero-order valence-corrected chi connectivity index (χ0v) is 15.1. The molecule has 3 aromatic rings. The Hall–Kier alpha value is -3.54. The topological polar surface area (TPSA) is 51.2 Å². The summed E-state index contributed by atoms with van der Waals surface area (Å²) in [4.78, 5) is 16.1. The first-order chi connectivity index (χ1) is 13.5. The van der Waals surface area contributed by atoms with Crippen LogP contribution in [0, 0.1) is 11.6 Å². The molecule has 0 bridgehead atoms. The molecule has 0 unspecified atom stereocenters. The average molecular weight is 380 g/mol. The van der Waals surface area contributed by atoms with Gasteiger partial charge in [0.15, 0.2) is 0 Å². The van der Waals surface area contributed by atoms with Crippen LogP contribution in [0.5, 0.6) is 11.5 Å². The van der Waals surface area contributed by atoms with Gasteiger partial charge in [0.05, 0.1) is 12.2 Å². The Morgan fingerprint density at radius 1 is 1.11 bits per heavy atom. The van der Waals surface area contributed by atoms with E-state index in [2.05, 4.69) is 10.3 Å². The number of nitrogens with zero attached hydrogens (tertiary/aromatic N) is 1. The highest BCUT2D eigenvalue weighted by atomic mass is 19.1. The Kier molecular flexibility index (Phi) is 6.11. The first-order valence-corrected chi connectivity index (χ1v) is 8.63. The fraction of sp³-hybridized carbons (Fsp3) is 0.0909. The van der Waals surface area contributed by atoms with Crippen molar-refractivity contribution in [1.82, 2.24) is 10.3 Å². The molecular formula is C22H18F2N2O2. The molecule has 0 saturated carbocycles. The number of rotatable bonds is 6. The highest BCUT2D eigenvalue weighted by molar-refractivity contribution is 5.92. The van der Waals surface area contributed by atoms with Crippen molar-refractivity contribution in [1.29, 1.82) is 0 Å². The SMILES string of the molecule is C[C@H](NC(=O)/C=C/c1ccc(F)cc1F)c1cccc(Oc2cccnc2)c1. The monoisotopic (exact) mass is 380 g/mol. The van der Waals surface area contributed by atoms with Crippen molar-refractivity contribution in [3.8, 4) is 11.5 Å². The summed E-state index contributed by atoms with van der Waals surface area (Å²) >= 11 is 0. The van der Waals surface area contributed by atoms with E-state index in [0.29, 0.717) is 11.5 Å². The van der Waals surface area contributed by atoms with Crippen molar-refractivity contribution >= 4 is 12.0 Å². The Balaban J connectivity index is 1.63. The average Bonchev–Trinajstić information content (AvgIpc) is 2.68. The van der Waals surface area contributed by atoms with E-state index in [0.717, 1.165) is 17.7 Å². The van der Waals surface area contributed by atoms with Gasteiger partial charge in [-0.2, -0.15) is 0 Å². The number of hydrogen-bond donors (Lipinski definition) is 1. The molecule has 3 rings (SSSR count). The van der Waals surface area contributed by atoms with Crippen LogP contribution in [0.2, 0.25) is 0 Å². The summed E-state index contributed by atoms with van der Waals surface area (Å²) in [7, 11) is 0. The van der Waals surface area contributed by atoms with Gasteiger partial charge in [-0.3, -0.25) is 9.78 Å². The van der Waals surface area contributed by atoms with Crippen LogP contribution in [0.4, 0.5) is 8.78 Å². The summed E-state index contributed by atoms with van der Waals surface area (Å²) in [5.41, 5.74) is 0.979. The van der Waals surface area contributed by atoms with E-state index in [-0.39, 0.29) is 11.6 Å². The second-order valence-corrected chi connectivity index (χ2v) is 6.09. The first kappa shape index (κ1) is 19.2. The molecule has 142 valence electrons. The van der Waals surface area contributed by atoms with Crippen LogP contribution in [0.25, 0.3) is 6.08 Å². The van der Waals surface area contributed by atoms with Gasteiger partial charge in [0.1, 0.15) is 23.1 Å². The zero-order chi connectivity index (χ0) is 19.9. The number of carbonyl (C=O) groups excluding carboxylic acids is 1. The molecule has 0 aliphatic heterocycles.